The first kappa shape index (κ1) is 11.1. The summed E-state index contributed by atoms with van der Waals surface area (Å²) in [5.74, 6) is 1.04. The van der Waals surface area contributed by atoms with E-state index in [0.29, 0.717) is 11.5 Å². The number of nitrogens with one attached hydrogen (secondary N) is 1. The minimum absolute atomic E-state index is 0.0678. The summed E-state index contributed by atoms with van der Waals surface area (Å²) < 4.78 is 16.1. The van der Waals surface area contributed by atoms with Crippen molar-refractivity contribution in [3.63, 3.8) is 0 Å². The number of hydrogen-bond donors (Lipinski definition) is 1. The molecule has 86 valence electrons. The van der Waals surface area contributed by atoms with Gasteiger partial charge in [-0.15, -0.1) is 0 Å². The SMILES string of the molecule is O=C(N=S1(=O)CCNCC1)C1CCCC1. The Kier molecular flexibility index (Phi) is 3.41. The zero-order valence-electron chi connectivity index (χ0n) is 8.91. The smallest absolute Gasteiger partial charge is 0.256 e. The van der Waals surface area contributed by atoms with Gasteiger partial charge in [0.25, 0.3) is 5.91 Å². The molecule has 0 radical (unpaired) electrons. The molecule has 15 heavy (non-hydrogen) atoms. The van der Waals surface area contributed by atoms with Gasteiger partial charge in [-0.05, 0) is 12.8 Å². The predicted octanol–water partition coefficient (Wildman–Crippen LogP) is 0.774. The summed E-state index contributed by atoms with van der Waals surface area (Å²) in [6, 6.07) is 0. The topological polar surface area (TPSA) is 58.5 Å². The molecule has 5 heteroatoms. The van der Waals surface area contributed by atoms with Crippen LogP contribution in [0.1, 0.15) is 25.7 Å². The molecule has 2 rings (SSSR count). The second kappa shape index (κ2) is 4.61. The van der Waals surface area contributed by atoms with E-state index >= 15 is 0 Å². The van der Waals surface area contributed by atoms with Gasteiger partial charge >= 0.3 is 0 Å². The lowest BCUT2D eigenvalue weighted by atomic mass is 10.1. The van der Waals surface area contributed by atoms with Gasteiger partial charge in [-0.1, -0.05) is 12.8 Å². The number of rotatable bonds is 1. The van der Waals surface area contributed by atoms with Crippen LogP contribution in [0.5, 0.6) is 0 Å². The average molecular weight is 230 g/mol. The molecule has 1 N–H and O–H groups in total. The van der Waals surface area contributed by atoms with Crippen molar-refractivity contribution >= 4 is 15.6 Å². The van der Waals surface area contributed by atoms with Crippen molar-refractivity contribution in [1.29, 1.82) is 0 Å². The molecule has 1 saturated heterocycles. The number of nitrogens with zero attached hydrogens (tertiary/aromatic N) is 1. The zero-order chi connectivity index (χ0) is 10.7. The third kappa shape index (κ3) is 2.78. The Morgan fingerprint density at radius 3 is 2.40 bits per heavy atom. The Balaban J connectivity index is 2.07. The number of hydrogen-bond acceptors (Lipinski definition) is 3. The molecule has 0 spiro atoms. The third-order valence-electron chi connectivity index (χ3n) is 3.16. The fraction of sp³-hybridized carbons (Fsp3) is 0.900. The first-order valence-corrected chi connectivity index (χ1v) is 7.52. The van der Waals surface area contributed by atoms with Crippen LogP contribution < -0.4 is 5.32 Å². The molecule has 2 fully saturated rings. The van der Waals surface area contributed by atoms with Crippen molar-refractivity contribution in [3.8, 4) is 0 Å². The van der Waals surface area contributed by atoms with Gasteiger partial charge in [-0.3, -0.25) is 4.79 Å². The van der Waals surface area contributed by atoms with Gasteiger partial charge in [0, 0.05) is 30.5 Å². The van der Waals surface area contributed by atoms with Gasteiger partial charge in [0.2, 0.25) is 0 Å². The summed E-state index contributed by atoms with van der Waals surface area (Å²) in [5, 5.41) is 3.13. The van der Waals surface area contributed by atoms with Gasteiger partial charge in [-0.25, -0.2) is 4.21 Å². The summed E-state index contributed by atoms with van der Waals surface area (Å²) in [6.45, 7) is 1.44. The largest absolute Gasteiger partial charge is 0.315 e. The number of carbonyl (C=O) groups excluding carboxylic acids is 1. The highest BCUT2D eigenvalue weighted by molar-refractivity contribution is 7.94. The van der Waals surface area contributed by atoms with Crippen LogP contribution >= 0.6 is 0 Å². The molecule has 0 atom stereocenters. The summed E-state index contributed by atoms with van der Waals surface area (Å²) in [6.07, 6.45) is 4.12. The highest BCUT2D eigenvalue weighted by Crippen LogP contribution is 2.26. The molecule has 4 nitrogen and oxygen atoms in total. The van der Waals surface area contributed by atoms with Gasteiger partial charge in [0.05, 0.1) is 9.73 Å². The van der Waals surface area contributed by atoms with Gasteiger partial charge in [-0.2, -0.15) is 4.36 Å². The predicted molar refractivity (Wildman–Crippen MR) is 60.1 cm³/mol. The van der Waals surface area contributed by atoms with Crippen molar-refractivity contribution < 1.29 is 9.00 Å². The third-order valence-corrected chi connectivity index (χ3v) is 5.35. The maximum atomic E-state index is 12.1. The summed E-state index contributed by atoms with van der Waals surface area (Å²) in [4.78, 5) is 11.8. The highest BCUT2D eigenvalue weighted by atomic mass is 32.2. The van der Waals surface area contributed by atoms with Crippen molar-refractivity contribution in [1.82, 2.24) is 5.32 Å². The lowest BCUT2D eigenvalue weighted by molar-refractivity contribution is -0.121. The standard InChI is InChI=1S/C10H18N2O2S/c13-10(9-3-1-2-4-9)12-15(14)7-5-11-6-8-15/h9,11H,1-8H2. The minimum atomic E-state index is -2.21. The fourth-order valence-corrected chi connectivity index (χ4v) is 3.98. The van der Waals surface area contributed by atoms with Crippen molar-refractivity contribution in [3.05, 3.63) is 0 Å². The highest BCUT2D eigenvalue weighted by Gasteiger charge is 2.24. The lowest BCUT2D eigenvalue weighted by Crippen LogP contribution is -2.36. The van der Waals surface area contributed by atoms with Gasteiger partial charge in [0.15, 0.2) is 0 Å². The van der Waals surface area contributed by atoms with E-state index in [1.54, 1.807) is 0 Å². The van der Waals surface area contributed by atoms with Crippen molar-refractivity contribution in [2.45, 2.75) is 25.7 Å². The Hall–Kier alpha value is -0.420. The van der Waals surface area contributed by atoms with E-state index in [-0.39, 0.29) is 11.8 Å². The molecule has 0 bridgehead atoms. The first-order chi connectivity index (χ1) is 7.20. The maximum absolute atomic E-state index is 12.1. The molecular weight excluding hydrogens is 212 g/mol. The number of amides is 1. The molecule has 1 aliphatic carbocycles. The zero-order valence-corrected chi connectivity index (χ0v) is 9.72. The van der Waals surface area contributed by atoms with Crippen LogP contribution in [-0.2, 0) is 14.5 Å². The van der Waals surface area contributed by atoms with E-state index in [4.69, 9.17) is 0 Å². The van der Waals surface area contributed by atoms with E-state index in [2.05, 4.69) is 9.68 Å². The second-order valence-corrected chi connectivity index (χ2v) is 6.89. The van der Waals surface area contributed by atoms with Crippen LogP contribution in [-0.4, -0.2) is 34.7 Å². The fourth-order valence-electron chi connectivity index (χ4n) is 2.19. The van der Waals surface area contributed by atoms with Gasteiger partial charge in [0.1, 0.15) is 0 Å². The Bertz CT molecular complexity index is 340. The number of carbonyl (C=O) groups is 1. The Morgan fingerprint density at radius 2 is 1.80 bits per heavy atom. The van der Waals surface area contributed by atoms with Crippen LogP contribution in [0.25, 0.3) is 0 Å². The molecule has 1 saturated carbocycles. The van der Waals surface area contributed by atoms with Crippen LogP contribution in [0, 0.1) is 5.92 Å². The van der Waals surface area contributed by atoms with E-state index in [1.165, 1.54) is 0 Å². The van der Waals surface area contributed by atoms with E-state index in [0.717, 1.165) is 38.8 Å². The van der Waals surface area contributed by atoms with Gasteiger partial charge < -0.3 is 5.32 Å². The van der Waals surface area contributed by atoms with Crippen molar-refractivity contribution in [2.24, 2.45) is 10.3 Å². The van der Waals surface area contributed by atoms with Crippen LogP contribution in [0.4, 0.5) is 0 Å². The average Bonchev–Trinajstić information content (AvgIpc) is 2.70. The molecule has 0 aromatic heterocycles. The molecular formula is C10H18N2O2S. The van der Waals surface area contributed by atoms with Crippen LogP contribution in [0.2, 0.25) is 0 Å². The van der Waals surface area contributed by atoms with E-state index in [1.807, 2.05) is 0 Å². The normalized spacial score (nSPS) is 26.4. The molecule has 1 amide bonds. The summed E-state index contributed by atoms with van der Waals surface area (Å²) in [7, 11) is -2.21. The molecule has 2 aliphatic rings. The van der Waals surface area contributed by atoms with E-state index in [9.17, 15) is 9.00 Å². The molecule has 0 aromatic carbocycles. The Morgan fingerprint density at radius 1 is 1.20 bits per heavy atom. The Labute approximate surface area is 91.0 Å². The first-order valence-electron chi connectivity index (χ1n) is 5.67. The van der Waals surface area contributed by atoms with E-state index < -0.39 is 9.73 Å². The lowest BCUT2D eigenvalue weighted by Gasteiger charge is -2.16. The molecule has 0 aromatic rings. The monoisotopic (exact) mass is 230 g/mol. The maximum Gasteiger partial charge on any atom is 0.256 e. The van der Waals surface area contributed by atoms with Crippen LogP contribution in [0.15, 0.2) is 4.36 Å². The van der Waals surface area contributed by atoms with Crippen LogP contribution in [0.3, 0.4) is 0 Å². The summed E-state index contributed by atoms with van der Waals surface area (Å²) >= 11 is 0. The quantitative estimate of drug-likeness (QED) is 0.724. The molecule has 0 unspecified atom stereocenters. The summed E-state index contributed by atoms with van der Waals surface area (Å²) in [5.41, 5.74) is 0. The van der Waals surface area contributed by atoms with Crippen molar-refractivity contribution in [2.75, 3.05) is 24.6 Å². The minimum Gasteiger partial charge on any atom is -0.315 e. The molecule has 1 aliphatic heterocycles. The molecule has 1 heterocycles. The second-order valence-electron chi connectivity index (χ2n) is 4.34.